The van der Waals surface area contributed by atoms with Crippen molar-refractivity contribution in [2.45, 2.75) is 0 Å². The third-order valence-electron chi connectivity index (χ3n) is 4.34. The van der Waals surface area contributed by atoms with E-state index in [0.717, 1.165) is 11.4 Å². The van der Waals surface area contributed by atoms with Gasteiger partial charge >= 0.3 is 0 Å². The summed E-state index contributed by atoms with van der Waals surface area (Å²) in [4.78, 5) is 17.5. The summed E-state index contributed by atoms with van der Waals surface area (Å²) < 4.78 is 6.59. The molecular weight excluding hydrogens is 378 g/mol. The summed E-state index contributed by atoms with van der Waals surface area (Å²) in [5, 5.41) is 11.5. The largest absolute Gasteiger partial charge is 0.497 e. The van der Waals surface area contributed by atoms with Gasteiger partial charge in [-0.05, 0) is 48.5 Å². The van der Waals surface area contributed by atoms with Crippen molar-refractivity contribution in [2.75, 3.05) is 7.11 Å². The van der Waals surface area contributed by atoms with E-state index in [2.05, 4.69) is 20.3 Å². The summed E-state index contributed by atoms with van der Waals surface area (Å²) in [5.41, 5.74) is 2.40. The van der Waals surface area contributed by atoms with E-state index in [0.29, 0.717) is 17.1 Å². The van der Waals surface area contributed by atoms with Crippen LogP contribution in [0.4, 0.5) is 17.1 Å². The van der Waals surface area contributed by atoms with Crippen molar-refractivity contribution < 1.29 is 4.74 Å². The predicted molar refractivity (Wildman–Crippen MR) is 117 cm³/mol. The van der Waals surface area contributed by atoms with Crippen LogP contribution in [0.25, 0.3) is 5.69 Å². The van der Waals surface area contributed by atoms with Gasteiger partial charge in [0.25, 0.3) is 5.56 Å². The molecule has 0 atom stereocenters. The van der Waals surface area contributed by atoms with Gasteiger partial charge in [-0.2, -0.15) is 5.11 Å². The summed E-state index contributed by atoms with van der Waals surface area (Å²) in [6.07, 6.45) is 1.57. The normalized spacial score (nSPS) is 11.4. The number of aromatic amines is 1. The molecule has 0 aliphatic rings. The van der Waals surface area contributed by atoms with Gasteiger partial charge in [0, 0.05) is 0 Å². The average Bonchev–Trinajstić information content (AvgIpc) is 3.13. The summed E-state index contributed by atoms with van der Waals surface area (Å²) in [6.45, 7) is 0. The number of methoxy groups -OCH3 is 1. The third kappa shape index (κ3) is 4.25. The molecule has 148 valence electrons. The van der Waals surface area contributed by atoms with Gasteiger partial charge in [0.15, 0.2) is 5.69 Å². The minimum Gasteiger partial charge on any atom is -0.497 e. The number of azo groups is 1. The summed E-state index contributed by atoms with van der Waals surface area (Å²) in [7, 11) is 1.61. The van der Waals surface area contributed by atoms with Gasteiger partial charge in [-0.25, -0.2) is 4.68 Å². The van der Waals surface area contributed by atoms with Gasteiger partial charge in [-0.15, -0.1) is 5.11 Å². The Kier molecular flexibility index (Phi) is 5.61. The molecule has 0 saturated carbocycles. The highest BCUT2D eigenvalue weighted by atomic mass is 16.5. The van der Waals surface area contributed by atoms with Gasteiger partial charge in [-0.3, -0.25) is 14.9 Å². The van der Waals surface area contributed by atoms with Crippen LogP contribution in [0, 0.1) is 0 Å². The van der Waals surface area contributed by atoms with E-state index in [4.69, 9.17) is 4.74 Å². The van der Waals surface area contributed by atoms with Crippen LogP contribution in [-0.4, -0.2) is 23.1 Å². The van der Waals surface area contributed by atoms with Crippen LogP contribution >= 0.6 is 0 Å². The van der Waals surface area contributed by atoms with E-state index in [9.17, 15) is 4.79 Å². The van der Waals surface area contributed by atoms with Crippen LogP contribution in [-0.2, 0) is 0 Å². The molecule has 0 spiro atoms. The van der Waals surface area contributed by atoms with Crippen molar-refractivity contribution in [1.29, 1.82) is 0 Å². The van der Waals surface area contributed by atoms with E-state index in [-0.39, 0.29) is 11.2 Å². The molecule has 0 unspecified atom stereocenters. The molecule has 0 fully saturated rings. The van der Waals surface area contributed by atoms with E-state index in [1.807, 2.05) is 84.9 Å². The fourth-order valence-corrected chi connectivity index (χ4v) is 2.80. The molecular formula is C23H19N5O2. The number of ether oxygens (including phenoxy) is 1. The highest BCUT2D eigenvalue weighted by Gasteiger charge is 2.14. The Morgan fingerprint density at radius 3 is 2.17 bits per heavy atom. The Bertz CT molecular complexity index is 1220. The minimum absolute atomic E-state index is 0.181. The smallest absolute Gasteiger partial charge is 0.299 e. The molecule has 0 bridgehead atoms. The lowest BCUT2D eigenvalue weighted by molar-refractivity contribution is 0.415. The molecule has 0 radical (unpaired) electrons. The first-order valence-corrected chi connectivity index (χ1v) is 9.30. The standard InChI is InChI=1S/C23H19N5O2/c1-30-20-14-12-17(13-15-20)24-16-21-22(26-25-18-8-4-2-5-9-18)23(29)28(27-21)19-10-6-3-7-11-19/h2-16,27H,1H3. The molecule has 4 rings (SSSR count). The first kappa shape index (κ1) is 19.1. The fraction of sp³-hybridized carbons (Fsp3) is 0.0435. The number of hydrogen-bond acceptors (Lipinski definition) is 5. The van der Waals surface area contributed by atoms with Crippen molar-refractivity contribution >= 4 is 23.3 Å². The molecule has 0 saturated heterocycles. The van der Waals surface area contributed by atoms with Gasteiger partial charge in [0.05, 0.1) is 30.4 Å². The molecule has 3 aromatic carbocycles. The SMILES string of the molecule is COc1ccc(N=Cc2[nH]n(-c3ccccc3)c(=O)c2N=Nc2ccccc2)cc1. The van der Waals surface area contributed by atoms with E-state index in [1.54, 1.807) is 13.3 Å². The van der Waals surface area contributed by atoms with E-state index in [1.165, 1.54) is 4.68 Å². The van der Waals surface area contributed by atoms with Crippen molar-refractivity contribution in [3.05, 3.63) is 101 Å². The molecule has 0 aliphatic heterocycles. The maximum atomic E-state index is 13.0. The molecule has 1 heterocycles. The van der Waals surface area contributed by atoms with E-state index >= 15 is 0 Å². The Hall–Kier alpha value is -4.26. The minimum atomic E-state index is -0.308. The number of para-hydroxylation sites is 1. The summed E-state index contributed by atoms with van der Waals surface area (Å²) in [6, 6.07) is 25.8. The second-order valence-electron chi connectivity index (χ2n) is 6.34. The molecule has 1 N–H and O–H groups in total. The lowest BCUT2D eigenvalue weighted by Gasteiger charge is -2.00. The zero-order valence-electron chi connectivity index (χ0n) is 16.3. The molecule has 7 heteroatoms. The summed E-state index contributed by atoms with van der Waals surface area (Å²) in [5.74, 6) is 0.745. The molecule has 0 amide bonds. The van der Waals surface area contributed by atoms with Crippen molar-refractivity contribution in [3.63, 3.8) is 0 Å². The van der Waals surface area contributed by atoms with Crippen LogP contribution in [0.15, 0.2) is 105 Å². The van der Waals surface area contributed by atoms with Crippen LogP contribution in [0.5, 0.6) is 5.75 Å². The van der Waals surface area contributed by atoms with Gasteiger partial charge in [0.1, 0.15) is 11.4 Å². The van der Waals surface area contributed by atoms with Gasteiger partial charge in [0.2, 0.25) is 0 Å². The highest BCUT2D eigenvalue weighted by Crippen LogP contribution is 2.21. The molecule has 7 nitrogen and oxygen atoms in total. The lowest BCUT2D eigenvalue weighted by Crippen LogP contribution is -2.13. The maximum Gasteiger partial charge on any atom is 0.299 e. The number of nitrogens with one attached hydrogen (secondary N) is 1. The molecule has 30 heavy (non-hydrogen) atoms. The van der Waals surface area contributed by atoms with Crippen LogP contribution < -0.4 is 10.3 Å². The van der Waals surface area contributed by atoms with Crippen molar-refractivity contribution in [3.8, 4) is 11.4 Å². The highest BCUT2D eigenvalue weighted by molar-refractivity contribution is 5.85. The number of hydrogen-bond donors (Lipinski definition) is 1. The number of benzene rings is 3. The first-order valence-electron chi connectivity index (χ1n) is 9.30. The second-order valence-corrected chi connectivity index (χ2v) is 6.34. The van der Waals surface area contributed by atoms with Gasteiger partial charge in [-0.1, -0.05) is 36.4 Å². The zero-order valence-corrected chi connectivity index (χ0v) is 16.3. The monoisotopic (exact) mass is 397 g/mol. The topological polar surface area (TPSA) is 84.1 Å². The molecule has 0 aliphatic carbocycles. The zero-order chi connectivity index (χ0) is 20.8. The average molecular weight is 397 g/mol. The van der Waals surface area contributed by atoms with Crippen molar-refractivity contribution in [1.82, 2.24) is 9.78 Å². The number of H-pyrrole nitrogens is 1. The number of rotatable bonds is 6. The first-order chi connectivity index (χ1) is 14.7. The Morgan fingerprint density at radius 1 is 0.833 bits per heavy atom. The quantitative estimate of drug-likeness (QED) is 0.352. The van der Waals surface area contributed by atoms with Crippen LogP contribution in [0.1, 0.15) is 5.69 Å². The Labute approximate surface area is 173 Å². The Balaban J connectivity index is 1.74. The third-order valence-corrected chi connectivity index (χ3v) is 4.34. The van der Waals surface area contributed by atoms with E-state index < -0.39 is 0 Å². The van der Waals surface area contributed by atoms with Crippen LogP contribution in [0.3, 0.4) is 0 Å². The maximum absolute atomic E-state index is 13.0. The second kappa shape index (κ2) is 8.83. The number of aliphatic imine (C=N–C) groups is 1. The van der Waals surface area contributed by atoms with Crippen molar-refractivity contribution in [2.24, 2.45) is 15.2 Å². The predicted octanol–water partition coefficient (Wildman–Crippen LogP) is 5.34. The van der Waals surface area contributed by atoms with Gasteiger partial charge < -0.3 is 4.74 Å². The lowest BCUT2D eigenvalue weighted by atomic mass is 10.3. The number of nitrogens with zero attached hydrogens (tertiary/aromatic N) is 4. The number of aromatic nitrogens is 2. The fourth-order valence-electron chi connectivity index (χ4n) is 2.80. The van der Waals surface area contributed by atoms with Crippen LogP contribution in [0.2, 0.25) is 0 Å². The Morgan fingerprint density at radius 2 is 1.50 bits per heavy atom. The molecule has 4 aromatic rings. The molecule has 1 aromatic heterocycles. The summed E-state index contributed by atoms with van der Waals surface area (Å²) >= 11 is 0.